The van der Waals surface area contributed by atoms with Gasteiger partial charge in [-0.05, 0) is 19.1 Å². The predicted molar refractivity (Wildman–Crippen MR) is 99.7 cm³/mol. The van der Waals surface area contributed by atoms with Crippen molar-refractivity contribution >= 4 is 22.9 Å². The van der Waals surface area contributed by atoms with E-state index in [1.165, 1.54) is 37.7 Å². The third kappa shape index (κ3) is 3.67. The van der Waals surface area contributed by atoms with Gasteiger partial charge < -0.3 is 14.8 Å². The van der Waals surface area contributed by atoms with Gasteiger partial charge >= 0.3 is 0 Å². The first kappa shape index (κ1) is 17.9. The first-order valence-electron chi connectivity index (χ1n) is 7.77. The van der Waals surface area contributed by atoms with Crippen LogP contribution in [0.2, 0.25) is 0 Å². The molecule has 2 aromatic carbocycles. The van der Waals surface area contributed by atoms with E-state index in [-0.39, 0.29) is 11.4 Å². The van der Waals surface area contributed by atoms with Gasteiger partial charge in [-0.25, -0.2) is 9.37 Å². The van der Waals surface area contributed by atoms with Gasteiger partial charge in [0.05, 0.1) is 30.6 Å². The summed E-state index contributed by atoms with van der Waals surface area (Å²) in [5.41, 5.74) is 2.05. The number of hydrogen-bond donors (Lipinski definition) is 1. The Hall–Kier alpha value is -2.93. The highest BCUT2D eigenvalue weighted by atomic mass is 32.1. The highest BCUT2D eigenvalue weighted by Crippen LogP contribution is 2.32. The van der Waals surface area contributed by atoms with E-state index < -0.39 is 11.7 Å². The molecule has 1 aromatic heterocycles. The van der Waals surface area contributed by atoms with Crippen molar-refractivity contribution in [1.82, 2.24) is 4.98 Å². The van der Waals surface area contributed by atoms with Crippen LogP contribution in [0.1, 0.15) is 15.4 Å². The Morgan fingerprint density at radius 1 is 1.15 bits per heavy atom. The number of rotatable bonds is 5. The molecule has 3 aromatic rings. The summed E-state index contributed by atoms with van der Waals surface area (Å²) < 4.78 is 24.4. The molecule has 0 aliphatic rings. The predicted octanol–water partition coefficient (Wildman–Crippen LogP) is 4.53. The first-order chi connectivity index (χ1) is 12.5. The number of aromatic nitrogens is 1. The first-order valence-corrected chi connectivity index (χ1v) is 8.65. The number of aryl methyl sites for hydroxylation is 1. The van der Waals surface area contributed by atoms with Crippen molar-refractivity contribution < 1.29 is 18.7 Å². The zero-order chi connectivity index (χ0) is 18.7. The second-order valence-corrected chi connectivity index (χ2v) is 6.54. The summed E-state index contributed by atoms with van der Waals surface area (Å²) in [5, 5.41) is 5.45. The average molecular weight is 372 g/mol. The van der Waals surface area contributed by atoms with E-state index in [1.54, 1.807) is 18.2 Å². The van der Waals surface area contributed by atoms with Crippen molar-refractivity contribution in [2.45, 2.75) is 6.92 Å². The fourth-order valence-electron chi connectivity index (χ4n) is 2.46. The third-order valence-electron chi connectivity index (χ3n) is 3.76. The Bertz CT molecular complexity index is 956. The standard InChI is InChI=1S/C19H17FN2O3S/c1-11-21-16(10-26-11)12-5-4-6-13(7-12)19(23)22-15-9-18(25-3)17(24-2)8-14(15)20/h4-10H,1-3H3,(H,22,23). The Kier molecular flexibility index (Phi) is 5.18. The molecule has 0 aliphatic carbocycles. The number of nitrogens with one attached hydrogen (secondary N) is 1. The number of carbonyl (C=O) groups is 1. The summed E-state index contributed by atoms with van der Waals surface area (Å²) in [7, 11) is 2.86. The molecule has 5 nitrogen and oxygen atoms in total. The number of hydrogen-bond acceptors (Lipinski definition) is 5. The van der Waals surface area contributed by atoms with Gasteiger partial charge in [-0.15, -0.1) is 11.3 Å². The summed E-state index contributed by atoms with van der Waals surface area (Å²) in [6.45, 7) is 1.92. The topological polar surface area (TPSA) is 60.5 Å². The summed E-state index contributed by atoms with van der Waals surface area (Å²) in [6.07, 6.45) is 0. The quantitative estimate of drug-likeness (QED) is 0.715. The van der Waals surface area contributed by atoms with Gasteiger partial charge in [0.25, 0.3) is 5.91 Å². The van der Waals surface area contributed by atoms with Crippen molar-refractivity contribution in [2.24, 2.45) is 0 Å². The van der Waals surface area contributed by atoms with Gasteiger partial charge in [-0.3, -0.25) is 4.79 Å². The highest BCUT2D eigenvalue weighted by molar-refractivity contribution is 7.09. The smallest absolute Gasteiger partial charge is 0.255 e. The lowest BCUT2D eigenvalue weighted by Crippen LogP contribution is -2.13. The molecule has 1 N–H and O–H groups in total. The van der Waals surface area contributed by atoms with E-state index in [0.717, 1.165) is 16.3 Å². The molecule has 0 aliphatic heterocycles. The van der Waals surface area contributed by atoms with Gasteiger partial charge in [0.15, 0.2) is 17.3 Å². The fourth-order valence-corrected chi connectivity index (χ4v) is 3.08. The maximum atomic E-state index is 14.2. The van der Waals surface area contributed by atoms with Crippen LogP contribution in [-0.2, 0) is 0 Å². The third-order valence-corrected chi connectivity index (χ3v) is 4.53. The number of carbonyl (C=O) groups excluding carboxylic acids is 1. The van der Waals surface area contributed by atoms with Crippen LogP contribution < -0.4 is 14.8 Å². The number of ether oxygens (including phenoxy) is 2. The number of thiazole rings is 1. The molecule has 134 valence electrons. The van der Waals surface area contributed by atoms with Crippen molar-refractivity contribution in [3.8, 4) is 22.8 Å². The molecule has 3 rings (SSSR count). The van der Waals surface area contributed by atoms with Crippen LogP contribution in [0.3, 0.4) is 0 Å². The van der Waals surface area contributed by atoms with Gasteiger partial charge in [0, 0.05) is 28.6 Å². The molecule has 0 unspecified atom stereocenters. The molecule has 0 saturated carbocycles. The van der Waals surface area contributed by atoms with Crippen molar-refractivity contribution in [2.75, 3.05) is 19.5 Å². The zero-order valence-electron chi connectivity index (χ0n) is 14.5. The number of halogens is 1. The minimum Gasteiger partial charge on any atom is -0.493 e. The second kappa shape index (κ2) is 7.53. The number of methoxy groups -OCH3 is 2. The second-order valence-electron chi connectivity index (χ2n) is 5.47. The Morgan fingerprint density at radius 3 is 2.54 bits per heavy atom. The van der Waals surface area contributed by atoms with E-state index in [0.29, 0.717) is 11.3 Å². The van der Waals surface area contributed by atoms with E-state index >= 15 is 0 Å². The fraction of sp³-hybridized carbons (Fsp3) is 0.158. The largest absolute Gasteiger partial charge is 0.493 e. The summed E-state index contributed by atoms with van der Waals surface area (Å²) >= 11 is 1.54. The molecule has 1 amide bonds. The van der Waals surface area contributed by atoms with Crippen LogP contribution in [0.5, 0.6) is 11.5 Å². The van der Waals surface area contributed by atoms with Crippen LogP contribution in [0.4, 0.5) is 10.1 Å². The molecular weight excluding hydrogens is 355 g/mol. The minimum atomic E-state index is -0.609. The van der Waals surface area contributed by atoms with E-state index in [2.05, 4.69) is 10.3 Å². The highest BCUT2D eigenvalue weighted by Gasteiger charge is 2.15. The van der Waals surface area contributed by atoms with Gasteiger partial charge in [0.2, 0.25) is 0 Å². The summed E-state index contributed by atoms with van der Waals surface area (Å²) in [4.78, 5) is 17.0. The number of nitrogens with zero attached hydrogens (tertiary/aromatic N) is 1. The monoisotopic (exact) mass is 372 g/mol. The summed E-state index contributed by atoms with van der Waals surface area (Å²) in [6, 6.07) is 9.59. The summed E-state index contributed by atoms with van der Waals surface area (Å²) in [5.74, 6) is -0.452. The van der Waals surface area contributed by atoms with E-state index in [4.69, 9.17) is 9.47 Å². The van der Waals surface area contributed by atoms with Crippen LogP contribution in [-0.4, -0.2) is 25.1 Å². The van der Waals surface area contributed by atoms with Crippen molar-refractivity contribution in [1.29, 1.82) is 0 Å². The molecule has 26 heavy (non-hydrogen) atoms. The maximum absolute atomic E-state index is 14.2. The molecule has 0 spiro atoms. The molecule has 0 saturated heterocycles. The zero-order valence-corrected chi connectivity index (χ0v) is 15.3. The van der Waals surface area contributed by atoms with Crippen molar-refractivity contribution in [3.05, 3.63) is 58.2 Å². The van der Waals surface area contributed by atoms with Gasteiger partial charge in [-0.2, -0.15) is 0 Å². The average Bonchev–Trinajstić information content (AvgIpc) is 3.09. The number of benzene rings is 2. The van der Waals surface area contributed by atoms with Crippen LogP contribution in [0.15, 0.2) is 41.8 Å². The number of amides is 1. The lowest BCUT2D eigenvalue weighted by molar-refractivity contribution is 0.102. The molecule has 0 atom stereocenters. The Balaban J connectivity index is 1.87. The Morgan fingerprint density at radius 2 is 1.88 bits per heavy atom. The van der Waals surface area contributed by atoms with Gasteiger partial charge in [-0.1, -0.05) is 12.1 Å². The maximum Gasteiger partial charge on any atom is 0.255 e. The Labute approximate surface area is 154 Å². The molecular formula is C19H17FN2O3S. The van der Waals surface area contributed by atoms with Crippen molar-refractivity contribution in [3.63, 3.8) is 0 Å². The van der Waals surface area contributed by atoms with Crippen LogP contribution in [0.25, 0.3) is 11.3 Å². The lowest BCUT2D eigenvalue weighted by Gasteiger charge is -2.12. The van der Waals surface area contributed by atoms with E-state index in [1.807, 2.05) is 18.4 Å². The molecule has 7 heteroatoms. The molecule has 0 fully saturated rings. The van der Waals surface area contributed by atoms with Crippen LogP contribution in [0, 0.1) is 12.7 Å². The van der Waals surface area contributed by atoms with E-state index in [9.17, 15) is 9.18 Å². The number of anilines is 1. The minimum absolute atomic E-state index is 0.0163. The van der Waals surface area contributed by atoms with Gasteiger partial charge in [0.1, 0.15) is 0 Å². The van der Waals surface area contributed by atoms with Crippen LogP contribution >= 0.6 is 11.3 Å². The molecule has 0 bridgehead atoms. The molecule has 1 heterocycles. The SMILES string of the molecule is COc1cc(F)c(NC(=O)c2cccc(-c3csc(C)n3)c2)cc1OC. The normalized spacial score (nSPS) is 10.5. The lowest BCUT2D eigenvalue weighted by atomic mass is 10.1. The molecule has 0 radical (unpaired) electrons.